The number of hydrogen-bond acceptors (Lipinski definition) is 5. The van der Waals surface area contributed by atoms with Crippen molar-refractivity contribution in [1.29, 1.82) is 0 Å². The zero-order valence-corrected chi connectivity index (χ0v) is 10.8. The van der Waals surface area contributed by atoms with E-state index in [1.165, 1.54) is 18.1 Å². The average Bonchev–Trinajstić information content (AvgIpc) is 2.46. The normalized spacial score (nSPS) is 14.7. The Kier molecular flexibility index (Phi) is 3.83. The van der Waals surface area contributed by atoms with E-state index in [0.29, 0.717) is 18.7 Å². The first-order valence-electron chi connectivity index (χ1n) is 5.88. The smallest absolute Gasteiger partial charge is 0.407 e. The molecular weight excluding hydrogens is 266 g/mol. The number of nitro groups is 1. The van der Waals surface area contributed by atoms with Gasteiger partial charge >= 0.3 is 11.8 Å². The van der Waals surface area contributed by atoms with Gasteiger partial charge in [0.25, 0.3) is 0 Å². The van der Waals surface area contributed by atoms with Crippen molar-refractivity contribution in [2.45, 2.75) is 6.42 Å². The molecule has 0 radical (unpaired) electrons. The molecule has 0 aliphatic carbocycles. The highest BCUT2D eigenvalue weighted by molar-refractivity contribution is 5.71. The summed E-state index contributed by atoms with van der Waals surface area (Å²) in [6.07, 6.45) is 2.46. The van der Waals surface area contributed by atoms with Crippen molar-refractivity contribution in [3.8, 4) is 5.75 Å². The third-order valence-corrected chi connectivity index (χ3v) is 3.07. The maximum Gasteiger partial charge on any atom is 0.407 e. The van der Waals surface area contributed by atoms with Crippen LogP contribution >= 0.6 is 0 Å². The molecule has 0 atom stereocenters. The number of amides is 1. The van der Waals surface area contributed by atoms with E-state index in [1.807, 2.05) is 0 Å². The first-order chi connectivity index (χ1) is 9.52. The van der Waals surface area contributed by atoms with Crippen molar-refractivity contribution < 1.29 is 19.6 Å². The SMILES string of the molecule is COc1cc(C2=CCN(C(=O)O)CC2)ncc1[N+](=O)[O-]. The Bertz CT molecular complexity index is 584. The summed E-state index contributed by atoms with van der Waals surface area (Å²) in [5.74, 6) is 0.140. The summed E-state index contributed by atoms with van der Waals surface area (Å²) in [5, 5.41) is 19.6. The van der Waals surface area contributed by atoms with Gasteiger partial charge in [-0.2, -0.15) is 0 Å². The Morgan fingerprint density at radius 1 is 1.60 bits per heavy atom. The van der Waals surface area contributed by atoms with Crippen LogP contribution in [-0.4, -0.2) is 46.2 Å². The molecule has 0 aromatic carbocycles. The molecule has 1 amide bonds. The molecule has 2 rings (SSSR count). The molecule has 8 nitrogen and oxygen atoms in total. The second kappa shape index (κ2) is 5.55. The third kappa shape index (κ3) is 2.68. The van der Waals surface area contributed by atoms with Gasteiger partial charge in [-0.3, -0.25) is 10.1 Å². The fraction of sp³-hybridized carbons (Fsp3) is 0.333. The molecule has 0 bridgehead atoms. The van der Waals surface area contributed by atoms with E-state index >= 15 is 0 Å². The highest BCUT2D eigenvalue weighted by Gasteiger charge is 2.20. The number of aromatic nitrogens is 1. The summed E-state index contributed by atoms with van der Waals surface area (Å²) in [4.78, 5) is 26.4. The Morgan fingerprint density at radius 2 is 2.35 bits per heavy atom. The van der Waals surface area contributed by atoms with E-state index in [4.69, 9.17) is 9.84 Å². The minimum atomic E-state index is -0.963. The van der Waals surface area contributed by atoms with Gasteiger partial charge in [0, 0.05) is 19.2 Å². The van der Waals surface area contributed by atoms with Crippen LogP contribution in [0.4, 0.5) is 10.5 Å². The molecule has 8 heteroatoms. The number of rotatable bonds is 3. The van der Waals surface area contributed by atoms with Crippen LogP contribution < -0.4 is 4.74 Å². The minimum Gasteiger partial charge on any atom is -0.490 e. The van der Waals surface area contributed by atoms with E-state index in [1.54, 1.807) is 6.08 Å². The third-order valence-electron chi connectivity index (χ3n) is 3.07. The maximum atomic E-state index is 10.8. The van der Waals surface area contributed by atoms with E-state index in [9.17, 15) is 14.9 Å². The predicted molar refractivity (Wildman–Crippen MR) is 69.6 cm³/mol. The monoisotopic (exact) mass is 279 g/mol. The lowest BCUT2D eigenvalue weighted by molar-refractivity contribution is -0.386. The molecular formula is C12H13N3O5. The molecule has 0 spiro atoms. The minimum absolute atomic E-state index is 0.140. The van der Waals surface area contributed by atoms with Gasteiger partial charge in [0.2, 0.25) is 5.75 Å². The van der Waals surface area contributed by atoms with Crippen LogP contribution in [-0.2, 0) is 0 Å². The van der Waals surface area contributed by atoms with Crippen LogP contribution in [0.5, 0.6) is 5.75 Å². The molecule has 0 saturated carbocycles. The van der Waals surface area contributed by atoms with Crippen LogP contribution in [0.25, 0.3) is 5.57 Å². The molecule has 1 aromatic rings. The van der Waals surface area contributed by atoms with Gasteiger partial charge in [-0.15, -0.1) is 0 Å². The Labute approximate surface area is 114 Å². The van der Waals surface area contributed by atoms with E-state index in [2.05, 4.69) is 4.98 Å². The zero-order valence-electron chi connectivity index (χ0n) is 10.8. The highest BCUT2D eigenvalue weighted by atomic mass is 16.6. The number of carboxylic acid groups (broad SMARTS) is 1. The summed E-state index contributed by atoms with van der Waals surface area (Å²) >= 11 is 0. The van der Waals surface area contributed by atoms with Crippen molar-refractivity contribution in [1.82, 2.24) is 9.88 Å². The standard InChI is InChI=1S/C12H13N3O5/c1-20-11-6-9(13-7-10(11)15(18)19)8-2-4-14(5-3-8)12(16)17/h2,6-7H,3-5H2,1H3,(H,16,17). The Morgan fingerprint density at radius 3 is 2.85 bits per heavy atom. The predicted octanol–water partition coefficient (Wildman–Crippen LogP) is 1.77. The van der Waals surface area contributed by atoms with Crippen LogP contribution in [0.2, 0.25) is 0 Å². The van der Waals surface area contributed by atoms with Crippen LogP contribution in [0.15, 0.2) is 18.3 Å². The second-order valence-corrected chi connectivity index (χ2v) is 4.21. The van der Waals surface area contributed by atoms with Gasteiger partial charge < -0.3 is 14.7 Å². The number of methoxy groups -OCH3 is 1. The van der Waals surface area contributed by atoms with Crippen molar-refractivity contribution in [2.75, 3.05) is 20.2 Å². The summed E-state index contributed by atoms with van der Waals surface area (Å²) in [6, 6.07) is 1.50. The Balaban J connectivity index is 2.26. The number of hydrogen-bond donors (Lipinski definition) is 1. The van der Waals surface area contributed by atoms with Gasteiger partial charge in [0.1, 0.15) is 6.20 Å². The molecule has 0 saturated heterocycles. The number of pyridine rings is 1. The average molecular weight is 279 g/mol. The first-order valence-corrected chi connectivity index (χ1v) is 5.88. The number of carbonyl (C=O) groups is 1. The van der Waals surface area contributed by atoms with Gasteiger partial charge in [-0.1, -0.05) is 6.08 Å². The summed E-state index contributed by atoms with van der Waals surface area (Å²) in [6.45, 7) is 0.661. The van der Waals surface area contributed by atoms with Crippen molar-refractivity contribution in [3.63, 3.8) is 0 Å². The molecule has 1 aromatic heterocycles. The van der Waals surface area contributed by atoms with E-state index < -0.39 is 11.0 Å². The second-order valence-electron chi connectivity index (χ2n) is 4.21. The van der Waals surface area contributed by atoms with E-state index in [0.717, 1.165) is 11.8 Å². The van der Waals surface area contributed by atoms with Crippen LogP contribution in [0, 0.1) is 10.1 Å². The van der Waals surface area contributed by atoms with Gasteiger partial charge in [-0.25, -0.2) is 9.78 Å². The van der Waals surface area contributed by atoms with Gasteiger partial charge in [0.15, 0.2) is 0 Å². The molecule has 0 fully saturated rings. The quantitative estimate of drug-likeness (QED) is 0.667. The fourth-order valence-corrected chi connectivity index (χ4v) is 1.98. The molecule has 1 aliphatic rings. The van der Waals surface area contributed by atoms with Crippen molar-refractivity contribution in [2.24, 2.45) is 0 Å². The fourth-order valence-electron chi connectivity index (χ4n) is 1.98. The van der Waals surface area contributed by atoms with Gasteiger partial charge in [-0.05, 0) is 12.0 Å². The lowest BCUT2D eigenvalue weighted by Gasteiger charge is -2.23. The molecule has 2 heterocycles. The van der Waals surface area contributed by atoms with Crippen LogP contribution in [0.1, 0.15) is 12.1 Å². The topological polar surface area (TPSA) is 106 Å². The molecule has 0 unspecified atom stereocenters. The van der Waals surface area contributed by atoms with Crippen molar-refractivity contribution in [3.05, 3.63) is 34.1 Å². The molecule has 106 valence electrons. The molecule has 1 aliphatic heterocycles. The first kappa shape index (κ1) is 13.8. The zero-order chi connectivity index (χ0) is 14.7. The maximum absolute atomic E-state index is 10.8. The molecule has 1 N–H and O–H groups in total. The van der Waals surface area contributed by atoms with Gasteiger partial charge in [0.05, 0.1) is 17.7 Å². The summed E-state index contributed by atoms with van der Waals surface area (Å²) < 4.78 is 4.98. The van der Waals surface area contributed by atoms with Crippen LogP contribution in [0.3, 0.4) is 0 Å². The number of ether oxygens (including phenoxy) is 1. The lowest BCUT2D eigenvalue weighted by Crippen LogP contribution is -2.33. The largest absolute Gasteiger partial charge is 0.490 e. The highest BCUT2D eigenvalue weighted by Crippen LogP contribution is 2.30. The summed E-state index contributed by atoms with van der Waals surface area (Å²) in [5.41, 5.74) is 1.23. The summed E-state index contributed by atoms with van der Waals surface area (Å²) in [7, 11) is 1.35. The number of nitrogens with zero attached hydrogens (tertiary/aromatic N) is 3. The van der Waals surface area contributed by atoms with E-state index in [-0.39, 0.29) is 18.0 Å². The lowest BCUT2D eigenvalue weighted by atomic mass is 10.0. The molecule has 20 heavy (non-hydrogen) atoms. The van der Waals surface area contributed by atoms with Crippen molar-refractivity contribution >= 4 is 17.4 Å². The Hall–Kier alpha value is -2.64.